The molecule has 0 atom stereocenters. The lowest BCUT2D eigenvalue weighted by Gasteiger charge is -2.07. The molecule has 0 N–H and O–H groups in total. The van der Waals surface area contributed by atoms with Crippen molar-refractivity contribution in [2.24, 2.45) is 0 Å². The summed E-state index contributed by atoms with van der Waals surface area (Å²) >= 11 is 0. The van der Waals surface area contributed by atoms with Crippen molar-refractivity contribution in [2.45, 2.75) is 0 Å². The quantitative estimate of drug-likeness (QED) is 0.803. The molecule has 0 radical (unpaired) electrons. The number of carbonyl (C=O) groups is 1. The standard InChI is InChI=1S/C12H12N2O3/c1-16-10-3-2-4-11(7-10)17-8-12(15)14-6-5-13-9-14/h2-7,9H,8H2,1H3. The van der Waals surface area contributed by atoms with Crippen LogP contribution >= 0.6 is 0 Å². The molecule has 0 aliphatic carbocycles. The van der Waals surface area contributed by atoms with Crippen LogP contribution in [0.25, 0.3) is 0 Å². The van der Waals surface area contributed by atoms with Crippen LogP contribution in [0.2, 0.25) is 0 Å². The molecular formula is C12H12N2O3. The zero-order valence-corrected chi connectivity index (χ0v) is 9.37. The fraction of sp³-hybridized carbons (Fsp3) is 0.167. The summed E-state index contributed by atoms with van der Waals surface area (Å²) in [5.41, 5.74) is 0. The van der Waals surface area contributed by atoms with Gasteiger partial charge in [-0.05, 0) is 12.1 Å². The van der Waals surface area contributed by atoms with E-state index in [1.54, 1.807) is 37.7 Å². The molecule has 1 aromatic heterocycles. The Bertz CT molecular complexity index is 494. The van der Waals surface area contributed by atoms with Gasteiger partial charge in [0.1, 0.15) is 17.8 Å². The predicted molar refractivity (Wildman–Crippen MR) is 61.3 cm³/mol. The SMILES string of the molecule is COc1cccc(OCC(=O)n2ccnc2)c1. The van der Waals surface area contributed by atoms with Crippen molar-refractivity contribution in [1.29, 1.82) is 0 Å². The average Bonchev–Trinajstić information content (AvgIpc) is 2.90. The minimum atomic E-state index is -0.176. The smallest absolute Gasteiger partial charge is 0.269 e. The molecule has 0 saturated heterocycles. The molecule has 2 aromatic rings. The monoisotopic (exact) mass is 232 g/mol. The van der Waals surface area contributed by atoms with E-state index in [1.807, 2.05) is 6.07 Å². The maximum atomic E-state index is 11.6. The van der Waals surface area contributed by atoms with Crippen LogP contribution in [0, 0.1) is 0 Å². The van der Waals surface area contributed by atoms with Gasteiger partial charge in [0.05, 0.1) is 7.11 Å². The van der Waals surface area contributed by atoms with E-state index in [0.29, 0.717) is 11.5 Å². The Hall–Kier alpha value is -2.30. The van der Waals surface area contributed by atoms with Gasteiger partial charge in [-0.2, -0.15) is 0 Å². The van der Waals surface area contributed by atoms with Gasteiger partial charge in [-0.15, -0.1) is 0 Å². The molecule has 2 rings (SSSR count). The number of aromatic nitrogens is 2. The van der Waals surface area contributed by atoms with Crippen molar-refractivity contribution in [1.82, 2.24) is 9.55 Å². The number of benzene rings is 1. The van der Waals surface area contributed by atoms with Crippen LogP contribution in [0.1, 0.15) is 4.79 Å². The molecule has 88 valence electrons. The number of carbonyl (C=O) groups excluding carboxylic acids is 1. The highest BCUT2D eigenvalue weighted by atomic mass is 16.5. The number of ether oxygens (including phenoxy) is 2. The Labute approximate surface area is 98.6 Å². The minimum absolute atomic E-state index is 0.0382. The molecule has 0 unspecified atom stereocenters. The van der Waals surface area contributed by atoms with Gasteiger partial charge >= 0.3 is 0 Å². The fourth-order valence-corrected chi connectivity index (χ4v) is 1.32. The number of hydrogen-bond acceptors (Lipinski definition) is 4. The average molecular weight is 232 g/mol. The Morgan fingerprint density at radius 1 is 1.41 bits per heavy atom. The highest BCUT2D eigenvalue weighted by Gasteiger charge is 2.05. The predicted octanol–water partition coefficient (Wildman–Crippen LogP) is 1.61. The highest BCUT2D eigenvalue weighted by molar-refractivity contribution is 5.80. The summed E-state index contributed by atoms with van der Waals surface area (Å²) in [4.78, 5) is 15.4. The van der Waals surface area contributed by atoms with Gasteiger partial charge in [0.25, 0.3) is 5.91 Å². The molecule has 0 aliphatic rings. The zero-order valence-electron chi connectivity index (χ0n) is 9.37. The van der Waals surface area contributed by atoms with Crippen molar-refractivity contribution >= 4 is 5.91 Å². The lowest BCUT2D eigenvalue weighted by molar-refractivity contribution is 0.0837. The number of imidazole rings is 1. The topological polar surface area (TPSA) is 53.4 Å². The van der Waals surface area contributed by atoms with Gasteiger partial charge in [-0.1, -0.05) is 6.07 Å². The first-order valence-electron chi connectivity index (χ1n) is 5.07. The lowest BCUT2D eigenvalue weighted by atomic mass is 10.3. The second-order valence-corrected chi connectivity index (χ2v) is 3.33. The first-order valence-corrected chi connectivity index (χ1v) is 5.07. The van der Waals surface area contributed by atoms with Gasteiger partial charge in [0.15, 0.2) is 6.61 Å². The van der Waals surface area contributed by atoms with Crippen LogP contribution in [0.15, 0.2) is 43.0 Å². The van der Waals surface area contributed by atoms with Gasteiger partial charge < -0.3 is 9.47 Å². The van der Waals surface area contributed by atoms with Gasteiger partial charge in [-0.3, -0.25) is 9.36 Å². The van der Waals surface area contributed by atoms with E-state index in [4.69, 9.17) is 9.47 Å². The molecule has 5 nitrogen and oxygen atoms in total. The van der Waals surface area contributed by atoms with E-state index in [0.717, 1.165) is 0 Å². The third-order valence-corrected chi connectivity index (χ3v) is 2.20. The van der Waals surface area contributed by atoms with Crippen LogP contribution in [0.5, 0.6) is 11.5 Å². The van der Waals surface area contributed by atoms with E-state index < -0.39 is 0 Å². The van der Waals surface area contributed by atoms with Crippen LogP contribution in [-0.2, 0) is 0 Å². The van der Waals surface area contributed by atoms with E-state index >= 15 is 0 Å². The van der Waals surface area contributed by atoms with Crippen LogP contribution in [-0.4, -0.2) is 29.2 Å². The molecule has 0 bridgehead atoms. The van der Waals surface area contributed by atoms with E-state index in [9.17, 15) is 4.79 Å². The fourth-order valence-electron chi connectivity index (χ4n) is 1.32. The summed E-state index contributed by atoms with van der Waals surface area (Å²) in [6, 6.07) is 7.10. The van der Waals surface area contributed by atoms with Crippen molar-refractivity contribution in [3.63, 3.8) is 0 Å². The molecule has 0 fully saturated rings. The zero-order chi connectivity index (χ0) is 12.1. The summed E-state index contributed by atoms with van der Waals surface area (Å²) < 4.78 is 11.8. The van der Waals surface area contributed by atoms with Gasteiger partial charge in [0.2, 0.25) is 0 Å². The third-order valence-electron chi connectivity index (χ3n) is 2.20. The van der Waals surface area contributed by atoms with Crippen LogP contribution in [0.4, 0.5) is 0 Å². The van der Waals surface area contributed by atoms with Crippen molar-refractivity contribution < 1.29 is 14.3 Å². The molecule has 0 amide bonds. The Morgan fingerprint density at radius 2 is 2.24 bits per heavy atom. The van der Waals surface area contributed by atoms with E-state index in [1.165, 1.54) is 10.9 Å². The Morgan fingerprint density at radius 3 is 2.94 bits per heavy atom. The number of hydrogen-bond donors (Lipinski definition) is 0. The van der Waals surface area contributed by atoms with Crippen LogP contribution in [0.3, 0.4) is 0 Å². The largest absolute Gasteiger partial charge is 0.497 e. The van der Waals surface area contributed by atoms with E-state index in [-0.39, 0.29) is 12.5 Å². The third kappa shape index (κ3) is 2.84. The molecule has 5 heteroatoms. The summed E-state index contributed by atoms with van der Waals surface area (Å²) in [6.07, 6.45) is 4.57. The second-order valence-electron chi connectivity index (χ2n) is 3.33. The maximum Gasteiger partial charge on any atom is 0.269 e. The van der Waals surface area contributed by atoms with Crippen LogP contribution < -0.4 is 9.47 Å². The van der Waals surface area contributed by atoms with Crippen molar-refractivity contribution in [3.05, 3.63) is 43.0 Å². The molecule has 17 heavy (non-hydrogen) atoms. The van der Waals surface area contributed by atoms with Crippen molar-refractivity contribution in [3.8, 4) is 11.5 Å². The van der Waals surface area contributed by atoms with Gasteiger partial charge in [-0.25, -0.2) is 4.98 Å². The maximum absolute atomic E-state index is 11.6. The number of rotatable bonds is 4. The molecule has 1 aromatic carbocycles. The molecular weight excluding hydrogens is 220 g/mol. The minimum Gasteiger partial charge on any atom is -0.497 e. The van der Waals surface area contributed by atoms with Gasteiger partial charge in [0, 0.05) is 18.5 Å². The molecule has 1 heterocycles. The first-order chi connectivity index (χ1) is 8.29. The molecule has 0 saturated carbocycles. The van der Waals surface area contributed by atoms with E-state index in [2.05, 4.69) is 4.98 Å². The highest BCUT2D eigenvalue weighted by Crippen LogP contribution is 2.18. The normalized spacial score (nSPS) is 9.94. The number of nitrogens with zero attached hydrogens (tertiary/aromatic N) is 2. The summed E-state index contributed by atoms with van der Waals surface area (Å²) in [5, 5.41) is 0. The Kier molecular flexibility index (Phi) is 3.40. The summed E-state index contributed by atoms with van der Waals surface area (Å²) in [5.74, 6) is 1.11. The summed E-state index contributed by atoms with van der Waals surface area (Å²) in [7, 11) is 1.58. The Balaban J connectivity index is 1.95. The molecule has 0 aliphatic heterocycles. The number of methoxy groups -OCH3 is 1. The lowest BCUT2D eigenvalue weighted by Crippen LogP contribution is -2.17. The van der Waals surface area contributed by atoms with Crippen molar-refractivity contribution in [2.75, 3.05) is 13.7 Å². The second kappa shape index (κ2) is 5.16. The molecule has 0 spiro atoms. The summed E-state index contributed by atoms with van der Waals surface area (Å²) in [6.45, 7) is -0.0382. The first kappa shape index (κ1) is 11.2.